The minimum absolute atomic E-state index is 0.0730. The summed E-state index contributed by atoms with van der Waals surface area (Å²) >= 11 is 12.2. The van der Waals surface area contributed by atoms with Crippen LogP contribution in [0.15, 0.2) is 41.5 Å². The molecule has 2 aromatic carbocycles. The van der Waals surface area contributed by atoms with E-state index in [0.29, 0.717) is 0 Å². The Morgan fingerprint density at radius 3 is 1.84 bits per heavy atom. The predicted octanol–water partition coefficient (Wildman–Crippen LogP) is 3.45. The third-order valence-corrected chi connectivity index (χ3v) is 4.99. The molecule has 2 aromatic rings. The number of hydrogen-bond donors (Lipinski definition) is 2. The second kappa shape index (κ2) is 6.61. The minimum Gasteiger partial charge on any atom is -0.385 e. The third kappa shape index (κ3) is 3.07. The van der Waals surface area contributed by atoms with E-state index in [1.165, 1.54) is 36.4 Å². The van der Waals surface area contributed by atoms with E-state index in [4.69, 9.17) is 28.9 Å². The molecule has 8 heteroatoms. The first-order chi connectivity index (χ1) is 11.8. The van der Waals surface area contributed by atoms with Crippen molar-refractivity contribution in [3.63, 3.8) is 0 Å². The maximum atomic E-state index is 14.2. The third-order valence-electron chi connectivity index (χ3n) is 4.28. The van der Waals surface area contributed by atoms with Crippen molar-refractivity contribution in [3.8, 4) is 0 Å². The molecular weight excluding hydrogens is 371 g/mol. The maximum absolute atomic E-state index is 14.2. The van der Waals surface area contributed by atoms with Gasteiger partial charge in [-0.1, -0.05) is 35.3 Å². The van der Waals surface area contributed by atoms with Crippen LogP contribution in [-0.4, -0.2) is 11.7 Å². The smallest absolute Gasteiger partial charge is 0.254 e. The molecule has 4 nitrogen and oxygen atoms in total. The van der Waals surface area contributed by atoms with Crippen LogP contribution in [0.25, 0.3) is 0 Å². The number of nitrogens with one attached hydrogen (secondary N) is 1. The molecule has 0 saturated carbocycles. The number of carbonyl (C=O) groups excluding carboxylic acids is 1. The fraction of sp³-hybridized carbons (Fsp3) is 0.176. The second-order valence-corrected chi connectivity index (χ2v) is 6.59. The van der Waals surface area contributed by atoms with Gasteiger partial charge in [-0.15, -0.1) is 0 Å². The number of carbonyl (C=O) groups is 1. The highest BCUT2D eigenvalue weighted by Crippen LogP contribution is 2.37. The molecule has 0 bridgehead atoms. The lowest BCUT2D eigenvalue weighted by atomic mass is 9.75. The van der Waals surface area contributed by atoms with Gasteiger partial charge in [-0.3, -0.25) is 4.79 Å². The van der Waals surface area contributed by atoms with Crippen LogP contribution in [0.3, 0.4) is 0 Å². The summed E-state index contributed by atoms with van der Waals surface area (Å²) in [4.78, 5) is 12.5. The molecular formula is C17H13Cl2F2N3O. The molecule has 3 N–H and O–H groups in total. The van der Waals surface area contributed by atoms with Gasteiger partial charge in [0.25, 0.3) is 5.91 Å². The number of hydrogen-bond acceptors (Lipinski definition) is 3. The van der Waals surface area contributed by atoms with Crippen LogP contribution < -0.4 is 11.2 Å². The highest BCUT2D eigenvalue weighted by atomic mass is 35.5. The van der Waals surface area contributed by atoms with Crippen LogP contribution in [0.2, 0.25) is 10.0 Å². The summed E-state index contributed by atoms with van der Waals surface area (Å²) in [5, 5.41) is 4.04. The fourth-order valence-corrected chi connectivity index (χ4v) is 3.31. The van der Waals surface area contributed by atoms with Gasteiger partial charge in [0.15, 0.2) is 0 Å². The van der Waals surface area contributed by atoms with Crippen LogP contribution in [0.1, 0.15) is 11.1 Å². The number of nitrogens with zero attached hydrogens (tertiary/aromatic N) is 1. The zero-order valence-corrected chi connectivity index (χ0v) is 14.3. The Bertz CT molecular complexity index is 792. The molecule has 3 rings (SSSR count). The molecule has 0 fully saturated rings. The number of nitrogens with two attached hydrogens (primary N) is 1. The normalized spacial score (nSPS) is 15.8. The monoisotopic (exact) mass is 383 g/mol. The van der Waals surface area contributed by atoms with E-state index in [1.54, 1.807) is 0 Å². The summed E-state index contributed by atoms with van der Waals surface area (Å²) in [7, 11) is 0. The van der Waals surface area contributed by atoms with Gasteiger partial charge in [0.1, 0.15) is 22.9 Å². The minimum atomic E-state index is -1.49. The largest absolute Gasteiger partial charge is 0.385 e. The molecule has 1 aliphatic rings. The molecule has 0 aromatic heterocycles. The highest BCUT2D eigenvalue weighted by Gasteiger charge is 2.48. The lowest BCUT2D eigenvalue weighted by Gasteiger charge is -2.27. The SMILES string of the molecule is NC1=NNC(=O)C1(Cc1c(F)cccc1Cl)Cc1c(F)cccc1Cl. The van der Waals surface area contributed by atoms with E-state index in [0.717, 1.165) is 0 Å². The van der Waals surface area contributed by atoms with Crippen molar-refractivity contribution >= 4 is 34.9 Å². The molecule has 1 amide bonds. The molecule has 0 atom stereocenters. The Balaban J connectivity index is 2.10. The topological polar surface area (TPSA) is 67.5 Å². The quantitative estimate of drug-likeness (QED) is 0.848. The predicted molar refractivity (Wildman–Crippen MR) is 92.4 cm³/mol. The molecule has 130 valence electrons. The highest BCUT2D eigenvalue weighted by molar-refractivity contribution is 6.32. The first kappa shape index (κ1) is 17.6. The van der Waals surface area contributed by atoms with Gasteiger partial charge in [0.2, 0.25) is 0 Å². The summed E-state index contributed by atoms with van der Waals surface area (Å²) in [5.74, 6) is -1.81. The maximum Gasteiger partial charge on any atom is 0.254 e. The summed E-state index contributed by atoms with van der Waals surface area (Å²) in [6.45, 7) is 0. The number of rotatable bonds is 4. The number of hydrazone groups is 1. The number of benzene rings is 2. The van der Waals surface area contributed by atoms with E-state index in [1.807, 2.05) is 0 Å². The van der Waals surface area contributed by atoms with Crippen LogP contribution in [-0.2, 0) is 17.6 Å². The van der Waals surface area contributed by atoms with E-state index in [-0.39, 0.29) is 39.8 Å². The molecule has 0 aliphatic carbocycles. The van der Waals surface area contributed by atoms with Crippen LogP contribution in [0.5, 0.6) is 0 Å². The van der Waals surface area contributed by atoms with Crippen molar-refractivity contribution in [2.75, 3.05) is 0 Å². The van der Waals surface area contributed by atoms with E-state index in [9.17, 15) is 13.6 Å². The Morgan fingerprint density at radius 1 is 1.00 bits per heavy atom. The van der Waals surface area contributed by atoms with Crippen LogP contribution >= 0.6 is 23.2 Å². The van der Waals surface area contributed by atoms with Crippen LogP contribution in [0.4, 0.5) is 8.78 Å². The molecule has 0 saturated heterocycles. The summed E-state index contributed by atoms with van der Waals surface area (Å²) in [6, 6.07) is 8.37. The average Bonchev–Trinajstić information content (AvgIpc) is 2.83. The Morgan fingerprint density at radius 2 is 1.48 bits per heavy atom. The van der Waals surface area contributed by atoms with Gasteiger partial charge in [0.05, 0.1) is 0 Å². The number of amides is 1. The zero-order valence-electron chi connectivity index (χ0n) is 12.8. The molecule has 1 aliphatic heterocycles. The Hall–Kier alpha value is -2.18. The zero-order chi connectivity index (χ0) is 18.2. The van der Waals surface area contributed by atoms with Gasteiger partial charge < -0.3 is 5.73 Å². The molecule has 0 spiro atoms. The lowest BCUT2D eigenvalue weighted by molar-refractivity contribution is -0.126. The van der Waals surface area contributed by atoms with Crippen molar-refractivity contribution in [2.45, 2.75) is 12.8 Å². The molecule has 0 unspecified atom stereocenters. The molecule has 25 heavy (non-hydrogen) atoms. The van der Waals surface area contributed by atoms with Crippen LogP contribution in [0, 0.1) is 17.0 Å². The van der Waals surface area contributed by atoms with Crippen molar-refractivity contribution in [1.29, 1.82) is 0 Å². The van der Waals surface area contributed by atoms with Crippen molar-refractivity contribution in [2.24, 2.45) is 16.3 Å². The second-order valence-electron chi connectivity index (χ2n) is 5.77. The van der Waals surface area contributed by atoms with E-state index >= 15 is 0 Å². The standard InChI is InChI=1S/C17H13Cl2F2N3O/c18-11-3-1-5-13(20)9(11)7-17(15(22)23-24-16(17)25)8-10-12(19)4-2-6-14(10)21/h1-6H,7-8H2,(H2,22,23)(H,24,25). The number of halogens is 4. The molecule has 1 heterocycles. The Kier molecular flexibility index (Phi) is 4.67. The molecule has 0 radical (unpaired) electrons. The van der Waals surface area contributed by atoms with Crippen molar-refractivity contribution in [3.05, 3.63) is 69.2 Å². The first-order valence-electron chi connectivity index (χ1n) is 7.35. The summed E-state index contributed by atoms with van der Waals surface area (Å²) in [5.41, 5.74) is 6.93. The van der Waals surface area contributed by atoms with Gasteiger partial charge in [-0.2, -0.15) is 5.10 Å². The lowest BCUT2D eigenvalue weighted by Crippen LogP contribution is -2.46. The van der Waals surface area contributed by atoms with Gasteiger partial charge in [-0.05, 0) is 37.1 Å². The van der Waals surface area contributed by atoms with Crippen molar-refractivity contribution < 1.29 is 13.6 Å². The van der Waals surface area contributed by atoms with Gasteiger partial charge in [0, 0.05) is 21.2 Å². The van der Waals surface area contributed by atoms with Crippen molar-refractivity contribution in [1.82, 2.24) is 5.43 Å². The summed E-state index contributed by atoms with van der Waals surface area (Å²) in [6.07, 6.45) is -0.353. The fourth-order valence-electron chi connectivity index (χ4n) is 2.85. The number of amidine groups is 1. The van der Waals surface area contributed by atoms with Gasteiger partial charge >= 0.3 is 0 Å². The Labute approximate surface area is 152 Å². The van der Waals surface area contributed by atoms with E-state index in [2.05, 4.69) is 10.5 Å². The van der Waals surface area contributed by atoms with Gasteiger partial charge in [-0.25, -0.2) is 14.2 Å². The first-order valence-corrected chi connectivity index (χ1v) is 8.10. The summed E-state index contributed by atoms with van der Waals surface area (Å²) < 4.78 is 28.5. The van der Waals surface area contributed by atoms with E-state index < -0.39 is 23.0 Å². The average molecular weight is 384 g/mol.